The lowest BCUT2D eigenvalue weighted by atomic mass is 9.64. The van der Waals surface area contributed by atoms with Gasteiger partial charge in [0.15, 0.2) is 0 Å². The maximum Gasteiger partial charge on any atom is 0.235 e. The molecule has 2 saturated heterocycles. The van der Waals surface area contributed by atoms with Crippen molar-refractivity contribution in [1.29, 1.82) is 0 Å². The summed E-state index contributed by atoms with van der Waals surface area (Å²) in [5.74, 6) is 0.252. The predicted octanol–water partition coefficient (Wildman–Crippen LogP) is 5.66. The first-order chi connectivity index (χ1) is 13.9. The van der Waals surface area contributed by atoms with Crippen LogP contribution in [0.5, 0.6) is 0 Å². The van der Waals surface area contributed by atoms with E-state index in [1.54, 1.807) is 0 Å². The Balaban J connectivity index is 1.72. The molecular formula is C26H29NO2. The van der Waals surface area contributed by atoms with Gasteiger partial charge in [0.05, 0.1) is 11.1 Å². The number of carbonyl (C=O) groups excluding carboxylic acids is 1. The van der Waals surface area contributed by atoms with Gasteiger partial charge in [-0.1, -0.05) is 80.2 Å². The van der Waals surface area contributed by atoms with Crippen LogP contribution in [0.25, 0.3) is 0 Å². The van der Waals surface area contributed by atoms with E-state index in [9.17, 15) is 4.79 Å². The molecule has 4 atom stereocenters. The summed E-state index contributed by atoms with van der Waals surface area (Å²) in [5, 5.41) is 0. The molecule has 0 aliphatic carbocycles. The Kier molecular flexibility index (Phi) is 4.95. The van der Waals surface area contributed by atoms with Crippen LogP contribution in [0.2, 0.25) is 0 Å². The van der Waals surface area contributed by atoms with Gasteiger partial charge in [0.2, 0.25) is 5.91 Å². The van der Waals surface area contributed by atoms with E-state index < -0.39 is 11.1 Å². The number of ether oxygens (including phenoxy) is 1. The van der Waals surface area contributed by atoms with Gasteiger partial charge in [-0.25, -0.2) is 0 Å². The number of benzene rings is 2. The maximum atomic E-state index is 14.0. The van der Waals surface area contributed by atoms with E-state index in [2.05, 4.69) is 32.2 Å². The van der Waals surface area contributed by atoms with E-state index in [0.29, 0.717) is 6.42 Å². The summed E-state index contributed by atoms with van der Waals surface area (Å²) in [5.41, 5.74) is 1.73. The second-order valence-corrected chi connectivity index (χ2v) is 8.72. The van der Waals surface area contributed by atoms with Gasteiger partial charge in [-0.3, -0.25) is 9.69 Å². The van der Waals surface area contributed by atoms with Crippen LogP contribution < -0.4 is 0 Å². The number of piperidine rings is 1. The largest absolute Gasteiger partial charge is 0.341 e. The average molecular weight is 388 g/mol. The molecule has 2 aliphatic heterocycles. The van der Waals surface area contributed by atoms with Crippen molar-refractivity contribution in [2.45, 2.75) is 44.9 Å². The first-order valence-electron chi connectivity index (χ1n) is 10.3. The fraction of sp³-hybridized carbons (Fsp3) is 0.346. The molecule has 3 heteroatoms. The number of allylic oxidation sites excluding steroid dienone is 1. The normalized spacial score (nSPS) is 31.6. The third-order valence-corrected chi connectivity index (χ3v) is 6.62. The van der Waals surface area contributed by atoms with Gasteiger partial charge in [-0.15, -0.1) is 6.58 Å². The Labute approximate surface area is 173 Å². The minimum absolute atomic E-state index is 0.102. The highest BCUT2D eigenvalue weighted by molar-refractivity contribution is 5.87. The van der Waals surface area contributed by atoms with Crippen molar-refractivity contribution < 1.29 is 9.53 Å². The van der Waals surface area contributed by atoms with Crippen LogP contribution in [0.4, 0.5) is 0 Å². The van der Waals surface area contributed by atoms with E-state index in [0.717, 1.165) is 24.1 Å². The summed E-state index contributed by atoms with van der Waals surface area (Å²) in [4.78, 5) is 15.8. The van der Waals surface area contributed by atoms with Gasteiger partial charge in [0, 0.05) is 0 Å². The predicted molar refractivity (Wildman–Crippen MR) is 116 cm³/mol. The van der Waals surface area contributed by atoms with Crippen molar-refractivity contribution in [3.05, 3.63) is 96.7 Å². The molecule has 29 heavy (non-hydrogen) atoms. The van der Waals surface area contributed by atoms with Gasteiger partial charge >= 0.3 is 0 Å². The minimum atomic E-state index is -0.682. The highest BCUT2D eigenvalue weighted by Gasteiger charge is 2.60. The Bertz CT molecular complexity index is 922. The van der Waals surface area contributed by atoms with Crippen LogP contribution in [0.3, 0.4) is 0 Å². The highest BCUT2D eigenvalue weighted by Crippen LogP contribution is 2.55. The van der Waals surface area contributed by atoms with Gasteiger partial charge < -0.3 is 4.74 Å². The molecule has 0 bridgehead atoms. The molecule has 2 aromatic rings. The average Bonchev–Trinajstić information content (AvgIpc) is 2.99. The van der Waals surface area contributed by atoms with Crippen LogP contribution in [-0.4, -0.2) is 16.5 Å². The number of hydrogen-bond donors (Lipinski definition) is 0. The van der Waals surface area contributed by atoms with Gasteiger partial charge in [0.25, 0.3) is 0 Å². The summed E-state index contributed by atoms with van der Waals surface area (Å²) in [7, 11) is 0. The molecule has 1 amide bonds. The van der Waals surface area contributed by atoms with Crippen molar-refractivity contribution in [3.63, 3.8) is 0 Å². The zero-order chi connectivity index (χ0) is 20.6. The van der Waals surface area contributed by atoms with Crippen LogP contribution in [0.1, 0.15) is 43.9 Å². The quantitative estimate of drug-likeness (QED) is 0.620. The minimum Gasteiger partial charge on any atom is -0.341 e. The summed E-state index contributed by atoms with van der Waals surface area (Å²) in [6.45, 7) is 12.4. The molecule has 2 heterocycles. The smallest absolute Gasteiger partial charge is 0.235 e. The Hall–Kier alpha value is -2.65. The van der Waals surface area contributed by atoms with Gasteiger partial charge in [0.1, 0.15) is 11.8 Å². The second-order valence-electron chi connectivity index (χ2n) is 8.72. The molecule has 0 radical (unpaired) electrons. The van der Waals surface area contributed by atoms with Crippen molar-refractivity contribution >= 4 is 5.91 Å². The standard InChI is InChI=1S/C26H29NO2/c1-5-12-22-18-26(4)27(19(2)23(29-26)21-15-10-7-11-16-21)24(28)25(22,3)17-20-13-8-6-9-14-20/h5-11,13-16,22-23H,1-2,12,17-18H2,3-4H3/t22-,23+,25+,26+/m0/s1. The molecule has 2 aromatic carbocycles. The molecule has 0 spiro atoms. The number of amides is 1. The number of hydrogen-bond acceptors (Lipinski definition) is 2. The third-order valence-electron chi connectivity index (χ3n) is 6.62. The summed E-state index contributed by atoms with van der Waals surface area (Å²) in [6.07, 6.45) is 3.87. The SMILES string of the molecule is C=CC[C@H]1C[C@@]2(C)O[C@@H](c3ccccc3)C(=C)N2C(=O)[C@]1(C)Cc1ccccc1. The fourth-order valence-electron chi connectivity index (χ4n) is 5.07. The second kappa shape index (κ2) is 7.31. The maximum absolute atomic E-state index is 14.0. The zero-order valence-corrected chi connectivity index (χ0v) is 17.3. The Morgan fingerprint density at radius 3 is 2.34 bits per heavy atom. The lowest BCUT2D eigenvalue weighted by Crippen LogP contribution is -2.60. The monoisotopic (exact) mass is 387 g/mol. The zero-order valence-electron chi connectivity index (χ0n) is 17.3. The summed E-state index contributed by atoms with van der Waals surface area (Å²) in [6, 6.07) is 20.3. The fourth-order valence-corrected chi connectivity index (χ4v) is 5.07. The molecule has 3 nitrogen and oxygen atoms in total. The third kappa shape index (κ3) is 3.24. The van der Waals surface area contributed by atoms with Crippen LogP contribution in [-0.2, 0) is 16.0 Å². The van der Waals surface area contributed by atoms with E-state index >= 15 is 0 Å². The first kappa shape index (κ1) is 19.7. The first-order valence-corrected chi connectivity index (χ1v) is 10.3. The molecule has 0 aromatic heterocycles. The van der Waals surface area contributed by atoms with Gasteiger partial charge in [-0.05, 0) is 43.2 Å². The molecule has 0 unspecified atom stereocenters. The van der Waals surface area contributed by atoms with Crippen molar-refractivity contribution in [3.8, 4) is 0 Å². The molecule has 4 rings (SSSR count). The lowest BCUT2D eigenvalue weighted by Gasteiger charge is -2.50. The number of nitrogens with zero attached hydrogens (tertiary/aromatic N) is 1. The highest BCUT2D eigenvalue weighted by atomic mass is 16.5. The van der Waals surface area contributed by atoms with E-state index in [1.807, 2.05) is 66.4 Å². The van der Waals surface area contributed by atoms with Crippen molar-refractivity contribution in [2.24, 2.45) is 11.3 Å². The summed E-state index contributed by atoms with van der Waals surface area (Å²) < 4.78 is 6.51. The van der Waals surface area contributed by atoms with E-state index in [4.69, 9.17) is 4.74 Å². The molecule has 150 valence electrons. The number of rotatable bonds is 5. The lowest BCUT2D eigenvalue weighted by molar-refractivity contribution is -0.181. The van der Waals surface area contributed by atoms with Crippen molar-refractivity contribution in [1.82, 2.24) is 4.90 Å². The van der Waals surface area contributed by atoms with Crippen LogP contribution in [0.15, 0.2) is 85.6 Å². The summed E-state index contributed by atoms with van der Waals surface area (Å²) >= 11 is 0. The van der Waals surface area contributed by atoms with Crippen molar-refractivity contribution in [2.75, 3.05) is 0 Å². The number of fused-ring (bicyclic) bond motifs is 1. The molecular weight excluding hydrogens is 358 g/mol. The topological polar surface area (TPSA) is 29.5 Å². The van der Waals surface area contributed by atoms with E-state index in [1.165, 1.54) is 5.56 Å². The Morgan fingerprint density at radius 1 is 1.10 bits per heavy atom. The molecule has 2 fully saturated rings. The molecule has 0 saturated carbocycles. The Morgan fingerprint density at radius 2 is 1.72 bits per heavy atom. The molecule has 2 aliphatic rings. The number of carbonyl (C=O) groups is 1. The van der Waals surface area contributed by atoms with Crippen LogP contribution >= 0.6 is 0 Å². The van der Waals surface area contributed by atoms with E-state index in [-0.39, 0.29) is 17.9 Å². The van der Waals surface area contributed by atoms with Crippen LogP contribution in [0, 0.1) is 11.3 Å². The molecule has 0 N–H and O–H groups in total. The van der Waals surface area contributed by atoms with Gasteiger partial charge in [-0.2, -0.15) is 0 Å².